The van der Waals surface area contributed by atoms with Gasteiger partial charge in [0.25, 0.3) is 0 Å². The Balaban J connectivity index is 1.90. The summed E-state index contributed by atoms with van der Waals surface area (Å²) in [4.78, 5) is 20.0. The highest BCUT2D eigenvalue weighted by Gasteiger charge is 2.31. The first-order valence-electron chi connectivity index (χ1n) is 7.10. The van der Waals surface area contributed by atoms with Gasteiger partial charge in [0.2, 0.25) is 11.7 Å². The lowest BCUT2D eigenvalue weighted by Crippen LogP contribution is -2.21. The van der Waals surface area contributed by atoms with Crippen LogP contribution in [0.1, 0.15) is 12.1 Å². The quantitative estimate of drug-likeness (QED) is 0.796. The summed E-state index contributed by atoms with van der Waals surface area (Å²) in [6.07, 6.45) is -2.61. The lowest BCUT2D eigenvalue weighted by molar-refractivity contribution is -0.150. The number of nitrogens with zero attached hydrogens (tertiary/aromatic N) is 3. The van der Waals surface area contributed by atoms with Crippen molar-refractivity contribution in [1.29, 1.82) is 0 Å². The number of alkyl halides is 3. The zero-order valence-corrected chi connectivity index (χ0v) is 12.6. The Kier molecular flexibility index (Phi) is 3.96. The van der Waals surface area contributed by atoms with Gasteiger partial charge in [0.1, 0.15) is 6.42 Å². The maximum atomic E-state index is 12.2. The molecule has 0 unspecified atom stereocenters. The van der Waals surface area contributed by atoms with Gasteiger partial charge < -0.3 is 5.32 Å². The van der Waals surface area contributed by atoms with Crippen LogP contribution in [0.3, 0.4) is 0 Å². The molecule has 0 fully saturated rings. The SMILES string of the molecule is Cc1c(-c2cccc(NC(=O)CC(F)(F)F)c2)nc2ncccn12. The molecule has 24 heavy (non-hydrogen) atoms. The largest absolute Gasteiger partial charge is 0.397 e. The summed E-state index contributed by atoms with van der Waals surface area (Å²) in [5.74, 6) is -0.579. The molecule has 1 amide bonds. The van der Waals surface area contributed by atoms with E-state index < -0.39 is 18.5 Å². The second-order valence-electron chi connectivity index (χ2n) is 5.26. The van der Waals surface area contributed by atoms with Gasteiger partial charge in [-0.25, -0.2) is 9.97 Å². The molecule has 0 saturated heterocycles. The molecule has 124 valence electrons. The number of halogens is 3. The first-order valence-corrected chi connectivity index (χ1v) is 7.10. The minimum Gasteiger partial charge on any atom is -0.326 e. The van der Waals surface area contributed by atoms with E-state index in [0.29, 0.717) is 17.0 Å². The van der Waals surface area contributed by atoms with E-state index >= 15 is 0 Å². The number of imidazole rings is 1. The van der Waals surface area contributed by atoms with Crippen molar-refractivity contribution in [3.8, 4) is 11.3 Å². The molecule has 2 heterocycles. The van der Waals surface area contributed by atoms with E-state index in [0.717, 1.165) is 5.69 Å². The zero-order valence-electron chi connectivity index (χ0n) is 12.6. The minimum atomic E-state index is -4.54. The highest BCUT2D eigenvalue weighted by atomic mass is 19.4. The molecular formula is C16H13F3N4O. The third-order valence-electron chi connectivity index (χ3n) is 3.42. The number of aryl methyl sites for hydroxylation is 1. The van der Waals surface area contributed by atoms with Crippen LogP contribution < -0.4 is 5.32 Å². The highest BCUT2D eigenvalue weighted by Crippen LogP contribution is 2.26. The Hall–Kier alpha value is -2.90. The predicted octanol–water partition coefficient (Wildman–Crippen LogP) is 3.60. The number of carbonyl (C=O) groups is 1. The van der Waals surface area contributed by atoms with Gasteiger partial charge in [-0.1, -0.05) is 12.1 Å². The molecule has 0 saturated carbocycles. The van der Waals surface area contributed by atoms with E-state index in [9.17, 15) is 18.0 Å². The topological polar surface area (TPSA) is 59.3 Å². The highest BCUT2D eigenvalue weighted by molar-refractivity contribution is 5.91. The average molecular weight is 334 g/mol. The number of benzene rings is 1. The fraction of sp³-hybridized carbons (Fsp3) is 0.188. The van der Waals surface area contributed by atoms with Gasteiger partial charge in [-0.2, -0.15) is 13.2 Å². The number of nitrogens with one attached hydrogen (secondary N) is 1. The van der Waals surface area contributed by atoms with Crippen LogP contribution in [0.2, 0.25) is 0 Å². The average Bonchev–Trinajstić information content (AvgIpc) is 2.83. The normalized spacial score (nSPS) is 11.7. The van der Waals surface area contributed by atoms with E-state index in [4.69, 9.17) is 0 Å². The molecule has 0 spiro atoms. The van der Waals surface area contributed by atoms with Crippen LogP contribution in [0.25, 0.3) is 17.0 Å². The standard InChI is InChI=1S/C16H13F3N4O/c1-10-14(22-15-20-6-3-7-23(10)15)11-4-2-5-12(8-11)21-13(24)9-16(17,18)19/h2-8H,9H2,1H3,(H,21,24). The zero-order chi connectivity index (χ0) is 17.3. The molecule has 3 aromatic rings. The van der Waals surface area contributed by atoms with Crippen LogP contribution in [0, 0.1) is 6.92 Å². The van der Waals surface area contributed by atoms with Crippen molar-refractivity contribution < 1.29 is 18.0 Å². The number of anilines is 1. The van der Waals surface area contributed by atoms with Gasteiger partial charge in [0.05, 0.1) is 5.69 Å². The summed E-state index contributed by atoms with van der Waals surface area (Å²) in [5, 5.41) is 2.25. The van der Waals surface area contributed by atoms with Crippen molar-refractivity contribution in [3.63, 3.8) is 0 Å². The van der Waals surface area contributed by atoms with E-state index in [2.05, 4.69) is 15.3 Å². The van der Waals surface area contributed by atoms with Gasteiger partial charge in [-0.3, -0.25) is 9.20 Å². The molecule has 0 aliphatic heterocycles. The Bertz CT molecular complexity index is 902. The molecule has 3 rings (SSSR count). The number of rotatable bonds is 3. The summed E-state index contributed by atoms with van der Waals surface area (Å²) >= 11 is 0. The number of hydrogen-bond donors (Lipinski definition) is 1. The minimum absolute atomic E-state index is 0.283. The summed E-state index contributed by atoms with van der Waals surface area (Å²) in [7, 11) is 0. The molecule has 8 heteroatoms. The number of aromatic nitrogens is 3. The maximum absolute atomic E-state index is 12.2. The van der Waals surface area contributed by atoms with E-state index in [1.807, 2.05) is 17.5 Å². The summed E-state index contributed by atoms with van der Waals surface area (Å²) in [6, 6.07) is 8.31. The monoisotopic (exact) mass is 334 g/mol. The Morgan fingerprint density at radius 3 is 2.79 bits per heavy atom. The van der Waals surface area contributed by atoms with Crippen LogP contribution in [-0.2, 0) is 4.79 Å². The predicted molar refractivity (Wildman–Crippen MR) is 82.5 cm³/mol. The van der Waals surface area contributed by atoms with Crippen molar-refractivity contribution in [1.82, 2.24) is 14.4 Å². The van der Waals surface area contributed by atoms with E-state index in [1.165, 1.54) is 6.07 Å². The van der Waals surface area contributed by atoms with Gasteiger partial charge in [0, 0.05) is 29.3 Å². The smallest absolute Gasteiger partial charge is 0.326 e. The second kappa shape index (κ2) is 5.95. The molecule has 0 atom stereocenters. The van der Waals surface area contributed by atoms with Crippen molar-refractivity contribution >= 4 is 17.4 Å². The maximum Gasteiger partial charge on any atom is 0.397 e. The Morgan fingerprint density at radius 2 is 2.08 bits per heavy atom. The third kappa shape index (κ3) is 3.37. The number of fused-ring (bicyclic) bond motifs is 1. The fourth-order valence-electron chi connectivity index (χ4n) is 2.41. The lowest BCUT2D eigenvalue weighted by Gasteiger charge is -2.09. The molecule has 0 aliphatic carbocycles. The van der Waals surface area contributed by atoms with E-state index in [1.54, 1.807) is 30.5 Å². The summed E-state index contributed by atoms with van der Waals surface area (Å²) in [6.45, 7) is 1.87. The molecule has 1 aromatic carbocycles. The Morgan fingerprint density at radius 1 is 1.29 bits per heavy atom. The van der Waals surface area contributed by atoms with Crippen molar-refractivity contribution in [3.05, 3.63) is 48.4 Å². The van der Waals surface area contributed by atoms with Crippen molar-refractivity contribution in [2.45, 2.75) is 19.5 Å². The third-order valence-corrected chi connectivity index (χ3v) is 3.42. The van der Waals surface area contributed by atoms with Crippen LogP contribution in [0.5, 0.6) is 0 Å². The first-order chi connectivity index (χ1) is 11.3. The molecule has 1 N–H and O–H groups in total. The van der Waals surface area contributed by atoms with Crippen LogP contribution in [0.15, 0.2) is 42.7 Å². The second-order valence-corrected chi connectivity index (χ2v) is 5.26. The number of carbonyl (C=O) groups excluding carboxylic acids is 1. The number of hydrogen-bond acceptors (Lipinski definition) is 3. The first kappa shape index (κ1) is 16.0. The summed E-state index contributed by atoms with van der Waals surface area (Å²) in [5.41, 5.74) is 2.46. The Labute approximate surface area is 135 Å². The summed E-state index contributed by atoms with van der Waals surface area (Å²) < 4.78 is 38.5. The molecular weight excluding hydrogens is 321 g/mol. The number of amides is 1. The van der Waals surface area contributed by atoms with Gasteiger partial charge in [-0.15, -0.1) is 0 Å². The van der Waals surface area contributed by atoms with E-state index in [-0.39, 0.29) is 5.69 Å². The molecule has 2 aromatic heterocycles. The molecule has 0 aliphatic rings. The lowest BCUT2D eigenvalue weighted by atomic mass is 10.1. The molecule has 0 radical (unpaired) electrons. The van der Waals surface area contributed by atoms with Gasteiger partial charge in [-0.05, 0) is 25.1 Å². The van der Waals surface area contributed by atoms with Gasteiger partial charge in [0.15, 0.2) is 0 Å². The fourth-order valence-corrected chi connectivity index (χ4v) is 2.41. The van der Waals surface area contributed by atoms with Crippen LogP contribution >= 0.6 is 0 Å². The molecule has 0 bridgehead atoms. The van der Waals surface area contributed by atoms with Crippen LogP contribution in [-0.4, -0.2) is 26.5 Å². The van der Waals surface area contributed by atoms with Crippen LogP contribution in [0.4, 0.5) is 18.9 Å². The van der Waals surface area contributed by atoms with Crippen molar-refractivity contribution in [2.75, 3.05) is 5.32 Å². The molecule has 5 nitrogen and oxygen atoms in total. The van der Waals surface area contributed by atoms with Gasteiger partial charge >= 0.3 is 6.18 Å². The van der Waals surface area contributed by atoms with Crippen molar-refractivity contribution in [2.24, 2.45) is 0 Å².